The van der Waals surface area contributed by atoms with Gasteiger partial charge < -0.3 is 9.55 Å². The number of nitro groups is 1. The van der Waals surface area contributed by atoms with Crippen LogP contribution in [0.4, 0.5) is 5.69 Å². The van der Waals surface area contributed by atoms with Gasteiger partial charge in [0.2, 0.25) is 0 Å². The summed E-state index contributed by atoms with van der Waals surface area (Å²) in [6.07, 6.45) is 9.96. The maximum atomic E-state index is 11.0. The van der Waals surface area contributed by atoms with Crippen molar-refractivity contribution in [2.45, 2.75) is 38.1 Å². The van der Waals surface area contributed by atoms with Gasteiger partial charge in [0.1, 0.15) is 5.65 Å². The Morgan fingerprint density at radius 3 is 2.63 bits per heavy atom. The number of hydrogen-bond donors (Lipinski definition) is 1. The van der Waals surface area contributed by atoms with Gasteiger partial charge in [-0.05, 0) is 42.7 Å². The van der Waals surface area contributed by atoms with E-state index in [2.05, 4.69) is 26.7 Å². The minimum absolute atomic E-state index is 0.119. The molecule has 6 nitrogen and oxygen atoms in total. The van der Waals surface area contributed by atoms with Gasteiger partial charge in [-0.3, -0.25) is 10.1 Å². The molecule has 1 N–H and O–H groups in total. The van der Waals surface area contributed by atoms with Crippen molar-refractivity contribution < 1.29 is 4.92 Å². The number of aromatic amines is 1. The van der Waals surface area contributed by atoms with Gasteiger partial charge >= 0.3 is 0 Å². The molecule has 5 rings (SSSR count). The molecule has 0 aliphatic heterocycles. The number of rotatable bonds is 3. The van der Waals surface area contributed by atoms with Crippen LogP contribution in [0, 0.1) is 10.1 Å². The van der Waals surface area contributed by atoms with Crippen molar-refractivity contribution in [2.75, 3.05) is 0 Å². The Morgan fingerprint density at radius 2 is 1.89 bits per heavy atom. The molecule has 27 heavy (non-hydrogen) atoms. The average Bonchev–Trinajstić information content (AvgIpc) is 3.32. The summed E-state index contributed by atoms with van der Waals surface area (Å²) >= 11 is 0. The van der Waals surface area contributed by atoms with E-state index < -0.39 is 0 Å². The molecule has 0 amide bonds. The second-order valence-corrected chi connectivity index (χ2v) is 7.30. The Morgan fingerprint density at radius 1 is 1.11 bits per heavy atom. The summed E-state index contributed by atoms with van der Waals surface area (Å²) in [5, 5.41) is 13.3. The van der Waals surface area contributed by atoms with Crippen molar-refractivity contribution >= 4 is 27.6 Å². The molecule has 1 saturated carbocycles. The van der Waals surface area contributed by atoms with Crippen LogP contribution >= 0.6 is 0 Å². The molecule has 3 heterocycles. The fourth-order valence-corrected chi connectivity index (χ4v) is 4.42. The Bertz CT molecular complexity index is 1130. The molecule has 3 aromatic heterocycles. The number of nitrogens with one attached hydrogen (secondary N) is 1. The van der Waals surface area contributed by atoms with E-state index in [-0.39, 0.29) is 10.6 Å². The summed E-state index contributed by atoms with van der Waals surface area (Å²) in [5.74, 6) is 0. The lowest BCUT2D eigenvalue weighted by molar-refractivity contribution is -0.384. The fraction of sp³-hybridized carbons (Fsp3) is 0.286. The molecular weight excluding hydrogens is 340 g/mol. The quantitative estimate of drug-likeness (QED) is 0.382. The lowest BCUT2D eigenvalue weighted by Gasteiger charge is -2.26. The molecule has 0 radical (unpaired) electrons. The number of aromatic nitrogens is 3. The van der Waals surface area contributed by atoms with Crippen molar-refractivity contribution in [1.82, 2.24) is 14.5 Å². The number of hydrogen-bond acceptors (Lipinski definition) is 3. The van der Waals surface area contributed by atoms with Gasteiger partial charge in [-0.1, -0.05) is 19.3 Å². The number of non-ortho nitro benzene ring substituents is 1. The third kappa shape index (κ3) is 2.60. The van der Waals surface area contributed by atoms with E-state index in [1.54, 1.807) is 12.1 Å². The lowest BCUT2D eigenvalue weighted by Crippen LogP contribution is -2.13. The van der Waals surface area contributed by atoms with Crippen LogP contribution in [0.5, 0.6) is 0 Å². The molecule has 0 bridgehead atoms. The van der Waals surface area contributed by atoms with E-state index >= 15 is 0 Å². The van der Waals surface area contributed by atoms with Crippen LogP contribution in [0.25, 0.3) is 33.2 Å². The zero-order valence-electron chi connectivity index (χ0n) is 14.9. The summed E-state index contributed by atoms with van der Waals surface area (Å²) in [6, 6.07) is 11.6. The molecule has 1 fully saturated rings. The summed E-state index contributed by atoms with van der Waals surface area (Å²) in [5.41, 5.74) is 4.34. The molecule has 136 valence electrons. The number of nitrogens with zero attached hydrogens (tertiary/aromatic N) is 3. The average molecular weight is 360 g/mol. The van der Waals surface area contributed by atoms with Gasteiger partial charge in [-0.2, -0.15) is 0 Å². The van der Waals surface area contributed by atoms with Gasteiger partial charge in [0.05, 0.1) is 10.4 Å². The van der Waals surface area contributed by atoms with Crippen molar-refractivity contribution in [3.8, 4) is 11.3 Å². The Balaban J connectivity index is 1.76. The Hall–Kier alpha value is -3.15. The molecule has 1 aliphatic rings. The lowest BCUT2D eigenvalue weighted by atomic mass is 9.94. The minimum atomic E-state index is -0.353. The van der Waals surface area contributed by atoms with Crippen LogP contribution in [0.1, 0.15) is 38.1 Å². The maximum Gasteiger partial charge on any atom is 0.269 e. The van der Waals surface area contributed by atoms with Crippen LogP contribution in [-0.2, 0) is 0 Å². The number of nitro benzene ring substituents is 1. The fourth-order valence-electron chi connectivity index (χ4n) is 4.42. The molecule has 0 saturated heterocycles. The first-order valence-corrected chi connectivity index (χ1v) is 9.44. The molecular formula is C21H20N4O2. The smallest absolute Gasteiger partial charge is 0.269 e. The van der Waals surface area contributed by atoms with E-state index in [1.165, 1.54) is 24.8 Å². The zero-order valence-corrected chi connectivity index (χ0v) is 14.9. The van der Waals surface area contributed by atoms with Gasteiger partial charge in [0.15, 0.2) is 0 Å². The molecule has 1 aromatic carbocycles. The first-order chi connectivity index (χ1) is 13.2. The van der Waals surface area contributed by atoms with Crippen molar-refractivity contribution in [3.63, 3.8) is 0 Å². The van der Waals surface area contributed by atoms with Crippen LogP contribution in [0.2, 0.25) is 0 Å². The predicted molar refractivity (Wildman–Crippen MR) is 106 cm³/mol. The predicted octanol–water partition coefficient (Wildman–Crippen LogP) is 5.60. The summed E-state index contributed by atoms with van der Waals surface area (Å²) in [6.45, 7) is 0. The van der Waals surface area contributed by atoms with Gasteiger partial charge in [0.25, 0.3) is 5.69 Å². The van der Waals surface area contributed by atoms with Crippen molar-refractivity contribution in [1.29, 1.82) is 0 Å². The van der Waals surface area contributed by atoms with Gasteiger partial charge in [-0.25, -0.2) is 4.98 Å². The van der Waals surface area contributed by atoms with Crippen LogP contribution in [-0.4, -0.2) is 19.5 Å². The number of pyridine rings is 1. The SMILES string of the molecule is O=[N+]([O-])c1ccc(-c2cc3cnc4[nH]ccc4c3n2C2CCCCC2)cc1. The summed E-state index contributed by atoms with van der Waals surface area (Å²) in [7, 11) is 0. The zero-order chi connectivity index (χ0) is 18.4. The van der Waals surface area contributed by atoms with Gasteiger partial charge in [-0.15, -0.1) is 0 Å². The number of fused-ring (bicyclic) bond motifs is 3. The highest BCUT2D eigenvalue weighted by molar-refractivity contribution is 6.05. The second kappa shape index (κ2) is 6.23. The van der Waals surface area contributed by atoms with Crippen LogP contribution in [0.3, 0.4) is 0 Å². The highest BCUT2D eigenvalue weighted by Crippen LogP contribution is 2.39. The monoisotopic (exact) mass is 360 g/mol. The van der Waals surface area contributed by atoms with E-state index in [9.17, 15) is 10.1 Å². The molecule has 0 spiro atoms. The second-order valence-electron chi connectivity index (χ2n) is 7.30. The highest BCUT2D eigenvalue weighted by Gasteiger charge is 2.23. The molecule has 4 aromatic rings. The summed E-state index contributed by atoms with van der Waals surface area (Å²) < 4.78 is 2.45. The van der Waals surface area contributed by atoms with E-state index in [4.69, 9.17) is 0 Å². The standard InChI is InChI=1S/C21H20N4O2/c26-25(27)17-8-6-14(7-9-17)19-12-15-13-23-21-18(10-11-22-21)20(15)24(19)16-4-2-1-3-5-16/h6-13,16H,1-5H2,(H,22,23). The third-order valence-corrected chi connectivity index (χ3v) is 5.69. The topological polar surface area (TPSA) is 76.8 Å². The Kier molecular flexibility index (Phi) is 3.70. The molecule has 0 unspecified atom stereocenters. The van der Waals surface area contributed by atoms with Crippen LogP contribution in [0.15, 0.2) is 48.8 Å². The first-order valence-electron chi connectivity index (χ1n) is 9.44. The largest absolute Gasteiger partial charge is 0.346 e. The highest BCUT2D eigenvalue weighted by atomic mass is 16.6. The van der Waals surface area contributed by atoms with Crippen LogP contribution < -0.4 is 0 Å². The maximum absolute atomic E-state index is 11.0. The summed E-state index contributed by atoms with van der Waals surface area (Å²) in [4.78, 5) is 18.4. The Labute approximate surface area is 156 Å². The number of benzene rings is 1. The molecule has 1 aliphatic carbocycles. The van der Waals surface area contributed by atoms with E-state index in [0.717, 1.165) is 40.5 Å². The van der Waals surface area contributed by atoms with Crippen molar-refractivity contribution in [2.24, 2.45) is 0 Å². The van der Waals surface area contributed by atoms with E-state index in [0.29, 0.717) is 6.04 Å². The minimum Gasteiger partial charge on any atom is -0.346 e. The molecule has 6 heteroatoms. The first kappa shape index (κ1) is 16.1. The van der Waals surface area contributed by atoms with Crippen molar-refractivity contribution in [3.05, 3.63) is 58.9 Å². The number of H-pyrrole nitrogens is 1. The molecule has 0 atom stereocenters. The third-order valence-electron chi connectivity index (χ3n) is 5.69. The van der Waals surface area contributed by atoms with E-state index in [1.807, 2.05) is 24.5 Å². The normalized spacial score (nSPS) is 15.6. The van der Waals surface area contributed by atoms with Gasteiger partial charge in [0, 0.05) is 47.0 Å².